The molecule has 0 radical (unpaired) electrons. The van der Waals surface area contributed by atoms with E-state index < -0.39 is 0 Å². The minimum atomic E-state index is 0.690. The number of hydrogen-bond donors (Lipinski definition) is 1. The molecule has 2 aromatic rings. The Morgan fingerprint density at radius 2 is 2.18 bits per heavy atom. The molecule has 1 aromatic carbocycles. The number of fused-ring (bicyclic) bond motifs is 1. The van der Waals surface area contributed by atoms with Crippen molar-refractivity contribution < 1.29 is 0 Å². The van der Waals surface area contributed by atoms with E-state index in [0.29, 0.717) is 6.54 Å². The molecular formula is C14H19ClN2. The number of benzene rings is 1. The summed E-state index contributed by atoms with van der Waals surface area (Å²) in [6, 6.07) is 6.10. The molecule has 0 spiro atoms. The summed E-state index contributed by atoms with van der Waals surface area (Å²) >= 11 is 6.07. The predicted molar refractivity (Wildman–Crippen MR) is 74.6 cm³/mol. The van der Waals surface area contributed by atoms with Gasteiger partial charge in [-0.2, -0.15) is 0 Å². The molecule has 0 aliphatic carbocycles. The third-order valence-electron chi connectivity index (χ3n) is 3.09. The fourth-order valence-electron chi connectivity index (χ4n) is 2.21. The summed E-state index contributed by atoms with van der Waals surface area (Å²) in [6.45, 7) is 3.95. The van der Waals surface area contributed by atoms with Crippen molar-refractivity contribution in [2.24, 2.45) is 5.73 Å². The normalized spacial score (nSPS) is 11.2. The first-order valence-electron chi connectivity index (χ1n) is 6.23. The predicted octanol–water partition coefficient (Wildman–Crippen LogP) is 3.60. The number of hydrogen-bond acceptors (Lipinski definition) is 1. The van der Waals surface area contributed by atoms with E-state index in [2.05, 4.69) is 23.8 Å². The topological polar surface area (TPSA) is 30.9 Å². The number of aryl methyl sites for hydroxylation is 1. The van der Waals surface area contributed by atoms with Crippen molar-refractivity contribution in [2.75, 3.05) is 6.54 Å². The zero-order valence-electron chi connectivity index (χ0n) is 10.2. The molecule has 1 heterocycles. The molecule has 0 saturated heterocycles. The van der Waals surface area contributed by atoms with Crippen molar-refractivity contribution in [1.82, 2.24) is 4.57 Å². The SMILES string of the molecule is CCCCn1cc(CCN)c2ccc(Cl)cc21. The molecule has 1 aromatic heterocycles. The van der Waals surface area contributed by atoms with Gasteiger partial charge >= 0.3 is 0 Å². The Hall–Kier alpha value is -0.990. The number of aromatic nitrogens is 1. The fraction of sp³-hybridized carbons (Fsp3) is 0.429. The molecule has 0 saturated carbocycles. The maximum absolute atomic E-state index is 6.07. The van der Waals surface area contributed by atoms with Crippen LogP contribution < -0.4 is 5.73 Å². The molecule has 0 atom stereocenters. The highest BCUT2D eigenvalue weighted by atomic mass is 35.5. The molecule has 92 valence electrons. The van der Waals surface area contributed by atoms with Crippen molar-refractivity contribution in [3.63, 3.8) is 0 Å². The van der Waals surface area contributed by atoms with Crippen LogP contribution in [0, 0.1) is 0 Å². The van der Waals surface area contributed by atoms with Crippen LogP contribution in [-0.4, -0.2) is 11.1 Å². The molecule has 0 aliphatic rings. The Kier molecular flexibility index (Phi) is 4.08. The molecule has 0 bridgehead atoms. The molecule has 0 amide bonds. The van der Waals surface area contributed by atoms with Crippen LogP contribution in [0.5, 0.6) is 0 Å². The summed E-state index contributed by atoms with van der Waals surface area (Å²) in [5.41, 5.74) is 8.22. The zero-order valence-corrected chi connectivity index (χ0v) is 11.0. The van der Waals surface area contributed by atoms with Crippen molar-refractivity contribution in [3.8, 4) is 0 Å². The highest BCUT2D eigenvalue weighted by molar-refractivity contribution is 6.31. The van der Waals surface area contributed by atoms with E-state index in [0.717, 1.165) is 18.0 Å². The van der Waals surface area contributed by atoms with E-state index in [-0.39, 0.29) is 0 Å². The maximum Gasteiger partial charge on any atom is 0.0498 e. The van der Waals surface area contributed by atoms with Crippen molar-refractivity contribution in [3.05, 3.63) is 35.0 Å². The van der Waals surface area contributed by atoms with Gasteiger partial charge in [-0.1, -0.05) is 31.0 Å². The highest BCUT2D eigenvalue weighted by Gasteiger charge is 2.08. The van der Waals surface area contributed by atoms with Crippen molar-refractivity contribution >= 4 is 22.5 Å². The average molecular weight is 251 g/mol. The van der Waals surface area contributed by atoms with Crippen molar-refractivity contribution in [2.45, 2.75) is 32.7 Å². The summed E-state index contributed by atoms with van der Waals surface area (Å²) in [6.07, 6.45) is 5.55. The molecule has 2 nitrogen and oxygen atoms in total. The van der Waals surface area contributed by atoms with Gasteiger partial charge in [0.1, 0.15) is 0 Å². The minimum absolute atomic E-state index is 0.690. The molecule has 3 heteroatoms. The average Bonchev–Trinajstić information content (AvgIpc) is 2.65. The highest BCUT2D eigenvalue weighted by Crippen LogP contribution is 2.25. The standard InChI is InChI=1S/C14H19ClN2/c1-2-3-8-17-10-11(6-7-16)13-5-4-12(15)9-14(13)17/h4-5,9-10H,2-3,6-8,16H2,1H3. The van der Waals surface area contributed by atoms with Crippen LogP contribution in [0.25, 0.3) is 10.9 Å². The lowest BCUT2D eigenvalue weighted by molar-refractivity contribution is 0.648. The van der Waals surface area contributed by atoms with Gasteiger partial charge in [-0.15, -0.1) is 0 Å². The lowest BCUT2D eigenvalue weighted by atomic mass is 10.1. The quantitative estimate of drug-likeness (QED) is 0.864. The summed E-state index contributed by atoms with van der Waals surface area (Å²) in [5.74, 6) is 0. The smallest absolute Gasteiger partial charge is 0.0498 e. The Morgan fingerprint density at radius 1 is 1.35 bits per heavy atom. The first-order valence-corrected chi connectivity index (χ1v) is 6.61. The largest absolute Gasteiger partial charge is 0.347 e. The summed E-state index contributed by atoms with van der Waals surface area (Å²) < 4.78 is 2.30. The molecule has 2 N–H and O–H groups in total. The molecule has 2 rings (SSSR count). The van der Waals surface area contributed by atoms with Crippen LogP contribution in [0.4, 0.5) is 0 Å². The van der Waals surface area contributed by atoms with Crippen LogP contribution >= 0.6 is 11.6 Å². The number of unbranched alkanes of at least 4 members (excludes halogenated alkanes) is 1. The number of halogens is 1. The van der Waals surface area contributed by atoms with Gasteiger partial charge in [-0.05, 0) is 37.1 Å². The maximum atomic E-state index is 6.07. The number of nitrogens with two attached hydrogens (primary N) is 1. The Labute approximate surface area is 107 Å². The second kappa shape index (κ2) is 5.56. The lowest BCUT2D eigenvalue weighted by Crippen LogP contribution is -2.02. The van der Waals surface area contributed by atoms with Gasteiger partial charge in [-0.3, -0.25) is 0 Å². The monoisotopic (exact) mass is 250 g/mol. The molecular weight excluding hydrogens is 232 g/mol. The Bertz CT molecular complexity index is 502. The second-order valence-corrected chi connectivity index (χ2v) is 4.84. The molecule has 17 heavy (non-hydrogen) atoms. The van der Waals surface area contributed by atoms with Gasteiger partial charge in [0, 0.05) is 28.7 Å². The summed E-state index contributed by atoms with van der Waals surface area (Å²) in [4.78, 5) is 0. The fourth-order valence-corrected chi connectivity index (χ4v) is 2.38. The van der Waals surface area contributed by atoms with E-state index >= 15 is 0 Å². The van der Waals surface area contributed by atoms with E-state index in [1.807, 2.05) is 12.1 Å². The third kappa shape index (κ3) is 2.64. The zero-order chi connectivity index (χ0) is 12.3. The van der Waals surface area contributed by atoms with Crippen LogP contribution in [0.1, 0.15) is 25.3 Å². The van der Waals surface area contributed by atoms with Crippen LogP contribution in [0.3, 0.4) is 0 Å². The second-order valence-electron chi connectivity index (χ2n) is 4.40. The Balaban J connectivity index is 2.46. The summed E-state index contributed by atoms with van der Waals surface area (Å²) in [7, 11) is 0. The lowest BCUT2D eigenvalue weighted by Gasteiger charge is -2.03. The van der Waals surface area contributed by atoms with Crippen molar-refractivity contribution in [1.29, 1.82) is 0 Å². The number of nitrogens with zero attached hydrogens (tertiary/aromatic N) is 1. The first-order chi connectivity index (χ1) is 8.26. The number of rotatable bonds is 5. The molecule has 0 aliphatic heterocycles. The van der Waals surface area contributed by atoms with Gasteiger partial charge in [0.25, 0.3) is 0 Å². The summed E-state index contributed by atoms with van der Waals surface area (Å²) in [5, 5.41) is 2.09. The van der Waals surface area contributed by atoms with E-state index in [4.69, 9.17) is 17.3 Å². The molecule has 0 unspecified atom stereocenters. The van der Waals surface area contributed by atoms with Gasteiger partial charge in [0.15, 0.2) is 0 Å². The molecule has 0 fully saturated rings. The third-order valence-corrected chi connectivity index (χ3v) is 3.33. The van der Waals surface area contributed by atoms with Crippen LogP contribution in [0.15, 0.2) is 24.4 Å². The van der Waals surface area contributed by atoms with E-state index in [1.54, 1.807) is 0 Å². The Morgan fingerprint density at radius 3 is 2.88 bits per heavy atom. The minimum Gasteiger partial charge on any atom is -0.347 e. The van der Waals surface area contributed by atoms with Crippen LogP contribution in [-0.2, 0) is 13.0 Å². The van der Waals surface area contributed by atoms with E-state index in [9.17, 15) is 0 Å². The van der Waals surface area contributed by atoms with Crippen LogP contribution in [0.2, 0.25) is 5.02 Å². The van der Waals surface area contributed by atoms with Gasteiger partial charge in [0.05, 0.1) is 0 Å². The van der Waals surface area contributed by atoms with Gasteiger partial charge in [0.2, 0.25) is 0 Å². The van der Waals surface area contributed by atoms with Gasteiger partial charge in [-0.25, -0.2) is 0 Å². The van der Waals surface area contributed by atoms with E-state index in [1.165, 1.54) is 29.3 Å². The van der Waals surface area contributed by atoms with Gasteiger partial charge < -0.3 is 10.3 Å². The first kappa shape index (κ1) is 12.5.